The molecule has 1 unspecified atom stereocenters. The van der Waals surface area contributed by atoms with Gasteiger partial charge in [0.15, 0.2) is 0 Å². The van der Waals surface area contributed by atoms with Crippen LogP contribution in [0.4, 0.5) is 0 Å². The average Bonchev–Trinajstić information content (AvgIpc) is 2.16. The summed E-state index contributed by atoms with van der Waals surface area (Å²) in [4.78, 5) is 0. The van der Waals surface area contributed by atoms with E-state index in [2.05, 4.69) is 13.8 Å². The van der Waals surface area contributed by atoms with Gasteiger partial charge in [0.2, 0.25) is 0 Å². The van der Waals surface area contributed by atoms with Gasteiger partial charge in [0.1, 0.15) is 5.75 Å². The Morgan fingerprint density at radius 2 is 2.23 bits per heavy atom. The predicted molar refractivity (Wildman–Crippen MR) is 51.5 cm³/mol. The maximum atomic E-state index is 9.57. The molecule has 1 atom stereocenters. The van der Waals surface area contributed by atoms with E-state index in [0.717, 1.165) is 12.0 Å². The van der Waals surface area contributed by atoms with Gasteiger partial charge in [0, 0.05) is 0 Å². The largest absolute Gasteiger partial charge is 0.508 e. The van der Waals surface area contributed by atoms with Crippen LogP contribution in [-0.4, -0.2) is 5.11 Å². The van der Waals surface area contributed by atoms with Gasteiger partial charge in [-0.1, -0.05) is 19.9 Å². The second kappa shape index (κ2) is 3.95. The Bertz CT molecular complexity index is 338. The zero-order valence-corrected chi connectivity index (χ0v) is 7.91. The van der Waals surface area contributed by atoms with Gasteiger partial charge in [0.05, 0.1) is 11.6 Å². The summed E-state index contributed by atoms with van der Waals surface area (Å²) < 4.78 is 0. The summed E-state index contributed by atoms with van der Waals surface area (Å²) in [6.45, 7) is 4.13. The first kappa shape index (κ1) is 9.60. The first-order valence-corrected chi connectivity index (χ1v) is 4.42. The maximum Gasteiger partial charge on any atom is 0.120 e. The van der Waals surface area contributed by atoms with Crippen LogP contribution in [-0.2, 0) is 0 Å². The zero-order valence-electron chi connectivity index (χ0n) is 7.91. The van der Waals surface area contributed by atoms with Crippen LogP contribution in [0.15, 0.2) is 18.2 Å². The first-order chi connectivity index (χ1) is 6.19. The number of phenolic OH excluding ortho intramolecular Hbond substituents is 1. The van der Waals surface area contributed by atoms with Gasteiger partial charge in [-0.3, -0.25) is 0 Å². The van der Waals surface area contributed by atoms with Crippen molar-refractivity contribution in [2.24, 2.45) is 0 Å². The second-order valence-corrected chi connectivity index (χ2v) is 3.19. The first-order valence-electron chi connectivity index (χ1n) is 4.42. The molecular formula is C11H13NO. The van der Waals surface area contributed by atoms with Crippen LogP contribution in [0.1, 0.15) is 37.3 Å². The van der Waals surface area contributed by atoms with Crippen molar-refractivity contribution in [1.29, 1.82) is 5.26 Å². The molecule has 0 heterocycles. The van der Waals surface area contributed by atoms with E-state index < -0.39 is 0 Å². The third kappa shape index (κ3) is 2.00. The summed E-state index contributed by atoms with van der Waals surface area (Å²) in [5.74, 6) is 0.571. The Labute approximate surface area is 78.4 Å². The number of nitriles is 1. The van der Waals surface area contributed by atoms with Gasteiger partial charge in [-0.2, -0.15) is 5.26 Å². The number of phenols is 1. The van der Waals surface area contributed by atoms with Crippen LogP contribution in [0.25, 0.3) is 0 Å². The van der Waals surface area contributed by atoms with Gasteiger partial charge in [-0.05, 0) is 30.0 Å². The third-order valence-corrected chi connectivity index (χ3v) is 2.30. The molecule has 1 N–H and O–H groups in total. The van der Waals surface area contributed by atoms with Gasteiger partial charge in [-0.25, -0.2) is 0 Å². The van der Waals surface area contributed by atoms with Crippen molar-refractivity contribution < 1.29 is 5.11 Å². The fraction of sp³-hybridized carbons (Fsp3) is 0.364. The van der Waals surface area contributed by atoms with Crippen molar-refractivity contribution in [3.05, 3.63) is 29.3 Å². The molecule has 0 bridgehead atoms. The van der Waals surface area contributed by atoms with E-state index in [9.17, 15) is 5.11 Å². The third-order valence-electron chi connectivity index (χ3n) is 2.30. The molecule has 1 aromatic carbocycles. The molecular weight excluding hydrogens is 162 g/mol. The summed E-state index contributed by atoms with van der Waals surface area (Å²) in [7, 11) is 0. The summed E-state index contributed by atoms with van der Waals surface area (Å²) in [6, 6.07) is 7.07. The molecule has 0 spiro atoms. The molecule has 0 aliphatic heterocycles. The highest BCUT2D eigenvalue weighted by atomic mass is 16.3. The minimum atomic E-state index is 0.230. The molecule has 0 saturated carbocycles. The Balaban J connectivity index is 3.07. The Morgan fingerprint density at radius 3 is 2.69 bits per heavy atom. The number of benzene rings is 1. The number of rotatable bonds is 2. The Hall–Kier alpha value is -1.49. The lowest BCUT2D eigenvalue weighted by Crippen LogP contribution is -1.92. The van der Waals surface area contributed by atoms with E-state index in [1.54, 1.807) is 6.07 Å². The number of aromatic hydroxyl groups is 1. The fourth-order valence-corrected chi connectivity index (χ4v) is 1.25. The average molecular weight is 175 g/mol. The van der Waals surface area contributed by atoms with Gasteiger partial charge >= 0.3 is 0 Å². The quantitative estimate of drug-likeness (QED) is 0.751. The number of nitrogens with zero attached hydrogens (tertiary/aromatic N) is 1. The molecule has 68 valence electrons. The molecule has 2 nitrogen and oxygen atoms in total. The fourth-order valence-electron chi connectivity index (χ4n) is 1.25. The van der Waals surface area contributed by atoms with E-state index >= 15 is 0 Å². The molecule has 0 amide bonds. The summed E-state index contributed by atoms with van der Waals surface area (Å²) in [5.41, 5.74) is 1.42. The number of hydrogen-bond acceptors (Lipinski definition) is 2. The van der Waals surface area contributed by atoms with Crippen molar-refractivity contribution in [1.82, 2.24) is 0 Å². The normalized spacial score (nSPS) is 12.1. The second-order valence-electron chi connectivity index (χ2n) is 3.19. The van der Waals surface area contributed by atoms with Crippen LogP contribution >= 0.6 is 0 Å². The minimum Gasteiger partial charge on any atom is -0.508 e. The lowest BCUT2D eigenvalue weighted by Gasteiger charge is -2.10. The zero-order chi connectivity index (χ0) is 9.84. The van der Waals surface area contributed by atoms with Crippen LogP contribution in [0.5, 0.6) is 5.75 Å². The molecule has 1 rings (SSSR count). The smallest absolute Gasteiger partial charge is 0.120 e. The Morgan fingerprint density at radius 1 is 1.54 bits per heavy atom. The summed E-state index contributed by atoms with van der Waals surface area (Å²) >= 11 is 0. The molecule has 13 heavy (non-hydrogen) atoms. The monoisotopic (exact) mass is 175 g/mol. The molecule has 0 aliphatic rings. The molecule has 0 aliphatic carbocycles. The Kier molecular flexibility index (Phi) is 2.92. The van der Waals surface area contributed by atoms with E-state index in [4.69, 9.17) is 5.26 Å². The van der Waals surface area contributed by atoms with E-state index in [1.165, 1.54) is 6.07 Å². The van der Waals surface area contributed by atoms with E-state index in [-0.39, 0.29) is 5.75 Å². The van der Waals surface area contributed by atoms with E-state index in [0.29, 0.717) is 11.5 Å². The van der Waals surface area contributed by atoms with Crippen molar-refractivity contribution in [3.8, 4) is 11.8 Å². The molecule has 0 saturated heterocycles. The summed E-state index contributed by atoms with van der Waals surface area (Å²) in [6.07, 6.45) is 0.986. The summed E-state index contributed by atoms with van der Waals surface area (Å²) in [5, 5.41) is 18.2. The maximum absolute atomic E-state index is 9.57. The van der Waals surface area contributed by atoms with Crippen LogP contribution < -0.4 is 0 Å². The molecule has 0 aromatic heterocycles. The predicted octanol–water partition coefficient (Wildman–Crippen LogP) is 2.78. The number of hydrogen-bond donors (Lipinski definition) is 1. The highest BCUT2D eigenvalue weighted by Gasteiger charge is 2.08. The van der Waals surface area contributed by atoms with Gasteiger partial charge < -0.3 is 5.11 Å². The van der Waals surface area contributed by atoms with Crippen LogP contribution in [0.2, 0.25) is 0 Å². The van der Waals surface area contributed by atoms with Crippen molar-refractivity contribution >= 4 is 0 Å². The van der Waals surface area contributed by atoms with Gasteiger partial charge in [-0.15, -0.1) is 0 Å². The van der Waals surface area contributed by atoms with Crippen molar-refractivity contribution in [2.45, 2.75) is 26.2 Å². The molecule has 0 radical (unpaired) electrons. The van der Waals surface area contributed by atoms with Crippen LogP contribution in [0, 0.1) is 11.3 Å². The van der Waals surface area contributed by atoms with Crippen molar-refractivity contribution in [3.63, 3.8) is 0 Å². The standard InChI is InChI=1S/C11H13NO/c1-3-8(2)10-5-4-9(7-12)6-11(10)13/h4-6,8,13H,3H2,1-2H3. The van der Waals surface area contributed by atoms with Crippen LogP contribution in [0.3, 0.4) is 0 Å². The molecule has 1 aromatic rings. The van der Waals surface area contributed by atoms with Crippen molar-refractivity contribution in [2.75, 3.05) is 0 Å². The minimum absolute atomic E-state index is 0.230. The highest BCUT2D eigenvalue weighted by molar-refractivity contribution is 5.42. The molecule has 2 heteroatoms. The lowest BCUT2D eigenvalue weighted by atomic mass is 9.97. The van der Waals surface area contributed by atoms with E-state index in [1.807, 2.05) is 12.1 Å². The molecule has 0 fully saturated rings. The lowest BCUT2D eigenvalue weighted by molar-refractivity contribution is 0.461. The van der Waals surface area contributed by atoms with Gasteiger partial charge in [0.25, 0.3) is 0 Å². The SMILES string of the molecule is CCC(C)c1ccc(C#N)cc1O. The highest BCUT2D eigenvalue weighted by Crippen LogP contribution is 2.28. The topological polar surface area (TPSA) is 44.0 Å².